The van der Waals surface area contributed by atoms with E-state index in [1.54, 1.807) is 12.1 Å². The lowest BCUT2D eigenvalue weighted by atomic mass is 10.1. The number of halogens is 1. The molecule has 0 amide bonds. The highest BCUT2D eigenvalue weighted by Gasteiger charge is 2.26. The molecule has 0 radical (unpaired) electrons. The van der Waals surface area contributed by atoms with Crippen LogP contribution in [0.4, 0.5) is 0 Å². The van der Waals surface area contributed by atoms with Gasteiger partial charge in [-0.15, -0.1) is 0 Å². The molecule has 0 aliphatic carbocycles. The van der Waals surface area contributed by atoms with Crippen LogP contribution < -0.4 is 14.8 Å². The second-order valence-corrected chi connectivity index (χ2v) is 5.40. The van der Waals surface area contributed by atoms with Crippen LogP contribution in [0, 0.1) is 0 Å². The van der Waals surface area contributed by atoms with E-state index in [2.05, 4.69) is 15.5 Å². The van der Waals surface area contributed by atoms with E-state index in [-0.39, 0.29) is 6.04 Å². The van der Waals surface area contributed by atoms with Crippen molar-refractivity contribution < 1.29 is 18.7 Å². The molecule has 4 rings (SSSR count). The van der Waals surface area contributed by atoms with Gasteiger partial charge in [0.15, 0.2) is 17.3 Å². The Morgan fingerprint density at radius 2 is 2.00 bits per heavy atom. The van der Waals surface area contributed by atoms with Crippen LogP contribution in [0.25, 0.3) is 11.5 Å². The van der Waals surface area contributed by atoms with Crippen molar-refractivity contribution in [2.45, 2.75) is 6.04 Å². The molecule has 1 atom stereocenters. The summed E-state index contributed by atoms with van der Waals surface area (Å²) in [6.45, 7) is 2.91. The first-order valence-electron chi connectivity index (χ1n) is 7.06. The van der Waals surface area contributed by atoms with Crippen LogP contribution >= 0.6 is 11.6 Å². The lowest BCUT2D eigenvalue weighted by molar-refractivity contribution is 0.0734. The van der Waals surface area contributed by atoms with Crippen molar-refractivity contribution in [2.24, 2.45) is 0 Å². The SMILES string of the molecule is Clc1ccc(-c2nc(C3COCCN3)no2)c2c1OCCO2. The molecule has 1 saturated heterocycles. The summed E-state index contributed by atoms with van der Waals surface area (Å²) in [6.07, 6.45) is 0. The summed E-state index contributed by atoms with van der Waals surface area (Å²) in [5.41, 5.74) is 0.676. The molecule has 3 heterocycles. The molecule has 8 heteroatoms. The second-order valence-electron chi connectivity index (χ2n) is 4.99. The molecule has 1 N–H and O–H groups in total. The maximum atomic E-state index is 6.13. The highest BCUT2D eigenvalue weighted by atomic mass is 35.5. The van der Waals surface area contributed by atoms with Crippen molar-refractivity contribution in [1.29, 1.82) is 0 Å². The minimum Gasteiger partial charge on any atom is -0.485 e. The third kappa shape index (κ3) is 2.41. The van der Waals surface area contributed by atoms with E-state index >= 15 is 0 Å². The number of hydrogen-bond donors (Lipinski definition) is 1. The quantitative estimate of drug-likeness (QED) is 0.903. The molecule has 1 fully saturated rings. The van der Waals surface area contributed by atoms with Gasteiger partial charge in [-0.25, -0.2) is 0 Å². The van der Waals surface area contributed by atoms with E-state index in [4.69, 9.17) is 30.3 Å². The molecular weight excluding hydrogens is 310 g/mol. The van der Waals surface area contributed by atoms with Crippen molar-refractivity contribution in [1.82, 2.24) is 15.5 Å². The van der Waals surface area contributed by atoms with E-state index in [0.29, 0.717) is 60.2 Å². The second kappa shape index (κ2) is 5.75. The highest BCUT2D eigenvalue weighted by molar-refractivity contribution is 6.32. The molecule has 0 bridgehead atoms. The predicted octanol–water partition coefficient (Wildman–Crippen LogP) is 1.82. The molecular formula is C14H14ClN3O4. The Balaban J connectivity index is 1.69. The van der Waals surface area contributed by atoms with Gasteiger partial charge in [0.1, 0.15) is 13.2 Å². The summed E-state index contributed by atoms with van der Waals surface area (Å²) in [4.78, 5) is 4.44. The van der Waals surface area contributed by atoms with Gasteiger partial charge in [0.2, 0.25) is 0 Å². The smallest absolute Gasteiger partial charge is 0.261 e. The topological polar surface area (TPSA) is 78.6 Å². The summed E-state index contributed by atoms with van der Waals surface area (Å²) in [5.74, 6) is 2.00. The number of benzene rings is 1. The summed E-state index contributed by atoms with van der Waals surface area (Å²) < 4.78 is 22.0. The third-order valence-corrected chi connectivity index (χ3v) is 3.84. The van der Waals surface area contributed by atoms with Gasteiger partial charge in [0.25, 0.3) is 5.89 Å². The molecule has 22 heavy (non-hydrogen) atoms. The van der Waals surface area contributed by atoms with E-state index in [9.17, 15) is 0 Å². The Labute approximate surface area is 131 Å². The normalized spacial score (nSPS) is 20.9. The summed E-state index contributed by atoms with van der Waals surface area (Å²) in [6, 6.07) is 3.46. The van der Waals surface area contributed by atoms with Gasteiger partial charge in [-0.3, -0.25) is 0 Å². The lowest BCUT2D eigenvalue weighted by Gasteiger charge is -2.21. The largest absolute Gasteiger partial charge is 0.485 e. The van der Waals surface area contributed by atoms with Crippen molar-refractivity contribution >= 4 is 11.6 Å². The number of hydrogen-bond acceptors (Lipinski definition) is 7. The summed E-state index contributed by atoms with van der Waals surface area (Å²) in [5, 5.41) is 7.81. The van der Waals surface area contributed by atoms with Crippen LogP contribution in [0.3, 0.4) is 0 Å². The van der Waals surface area contributed by atoms with Gasteiger partial charge in [0.05, 0.1) is 29.8 Å². The van der Waals surface area contributed by atoms with E-state index in [1.807, 2.05) is 0 Å². The molecule has 1 unspecified atom stereocenters. The molecule has 1 aromatic heterocycles. The van der Waals surface area contributed by atoms with E-state index in [0.717, 1.165) is 6.54 Å². The Kier molecular flexibility index (Phi) is 3.61. The summed E-state index contributed by atoms with van der Waals surface area (Å²) >= 11 is 6.13. The maximum absolute atomic E-state index is 6.13. The van der Waals surface area contributed by atoms with Crippen molar-refractivity contribution in [3.8, 4) is 23.0 Å². The van der Waals surface area contributed by atoms with Gasteiger partial charge in [0, 0.05) is 6.54 Å². The van der Waals surface area contributed by atoms with Gasteiger partial charge in [-0.2, -0.15) is 4.98 Å². The lowest BCUT2D eigenvalue weighted by Crippen LogP contribution is -2.35. The first-order chi connectivity index (χ1) is 10.8. The van der Waals surface area contributed by atoms with E-state index < -0.39 is 0 Å². The Morgan fingerprint density at radius 1 is 1.14 bits per heavy atom. The molecule has 2 aliphatic rings. The average Bonchev–Trinajstić information content (AvgIpc) is 3.06. The fraction of sp³-hybridized carbons (Fsp3) is 0.429. The Bertz CT molecular complexity index is 685. The number of nitrogens with zero attached hydrogens (tertiary/aromatic N) is 2. The molecule has 2 aromatic rings. The predicted molar refractivity (Wildman–Crippen MR) is 77.3 cm³/mol. The number of ether oxygens (including phenoxy) is 3. The number of rotatable bonds is 2. The standard InChI is InChI=1S/C14H14ClN3O4/c15-9-2-1-8(11-12(9)21-6-5-20-11)14-17-13(18-22-14)10-7-19-4-3-16-10/h1-2,10,16H,3-7H2. The van der Waals surface area contributed by atoms with Gasteiger partial charge >= 0.3 is 0 Å². The first-order valence-corrected chi connectivity index (χ1v) is 7.44. The summed E-state index contributed by atoms with van der Waals surface area (Å²) in [7, 11) is 0. The number of nitrogens with one attached hydrogen (secondary N) is 1. The Morgan fingerprint density at radius 3 is 2.82 bits per heavy atom. The number of morpholine rings is 1. The first kappa shape index (κ1) is 13.8. The zero-order valence-electron chi connectivity index (χ0n) is 11.7. The van der Waals surface area contributed by atoms with Gasteiger partial charge < -0.3 is 24.1 Å². The molecule has 2 aliphatic heterocycles. The van der Waals surface area contributed by atoms with Gasteiger partial charge in [-0.1, -0.05) is 16.8 Å². The van der Waals surface area contributed by atoms with Crippen LogP contribution in [0.2, 0.25) is 5.02 Å². The van der Waals surface area contributed by atoms with Crippen LogP contribution in [-0.2, 0) is 4.74 Å². The fourth-order valence-corrected chi connectivity index (χ4v) is 2.69. The molecule has 116 valence electrons. The fourth-order valence-electron chi connectivity index (χ4n) is 2.49. The van der Waals surface area contributed by atoms with E-state index in [1.165, 1.54) is 0 Å². The van der Waals surface area contributed by atoms with Crippen molar-refractivity contribution in [2.75, 3.05) is 33.0 Å². The third-order valence-electron chi connectivity index (χ3n) is 3.55. The van der Waals surface area contributed by atoms with Crippen LogP contribution in [0.15, 0.2) is 16.7 Å². The molecule has 0 spiro atoms. The van der Waals surface area contributed by atoms with Crippen molar-refractivity contribution in [3.05, 3.63) is 23.0 Å². The highest BCUT2D eigenvalue weighted by Crippen LogP contribution is 2.44. The Hall–Kier alpha value is -1.83. The average molecular weight is 324 g/mol. The number of fused-ring (bicyclic) bond motifs is 1. The van der Waals surface area contributed by atoms with Crippen molar-refractivity contribution in [3.63, 3.8) is 0 Å². The molecule has 1 aromatic carbocycles. The van der Waals surface area contributed by atoms with Crippen LogP contribution in [-0.4, -0.2) is 43.1 Å². The molecule has 0 saturated carbocycles. The number of aromatic nitrogens is 2. The van der Waals surface area contributed by atoms with Gasteiger partial charge in [-0.05, 0) is 12.1 Å². The minimum absolute atomic E-state index is 0.0634. The minimum atomic E-state index is -0.0634. The monoisotopic (exact) mass is 323 g/mol. The van der Waals surface area contributed by atoms with Crippen LogP contribution in [0.1, 0.15) is 11.9 Å². The van der Waals surface area contributed by atoms with Crippen LogP contribution in [0.5, 0.6) is 11.5 Å². The molecule has 7 nitrogen and oxygen atoms in total. The zero-order valence-corrected chi connectivity index (χ0v) is 12.4. The zero-order chi connectivity index (χ0) is 14.9. The maximum Gasteiger partial charge on any atom is 0.261 e.